The Hall–Kier alpha value is -2.39. The number of amides is 2. The summed E-state index contributed by atoms with van der Waals surface area (Å²) >= 11 is 1.26. The maximum absolute atomic E-state index is 13.1. The predicted octanol–water partition coefficient (Wildman–Crippen LogP) is 1.45. The highest BCUT2D eigenvalue weighted by molar-refractivity contribution is 7.16. The zero-order valence-electron chi connectivity index (χ0n) is 14.9. The molecule has 0 N–H and O–H groups in total. The quantitative estimate of drug-likeness (QED) is 0.792. The van der Waals surface area contributed by atoms with Gasteiger partial charge in [0.05, 0.1) is 19.4 Å². The number of hydrogen-bond donors (Lipinski definition) is 0. The van der Waals surface area contributed by atoms with E-state index >= 15 is 0 Å². The van der Waals surface area contributed by atoms with Crippen molar-refractivity contribution in [2.75, 3.05) is 32.8 Å². The fourth-order valence-corrected chi connectivity index (χ4v) is 4.27. The molecule has 1 unspecified atom stereocenters. The number of piperidine rings is 1. The van der Waals surface area contributed by atoms with Crippen molar-refractivity contribution in [2.24, 2.45) is 0 Å². The first-order chi connectivity index (χ1) is 13.2. The van der Waals surface area contributed by atoms with Crippen LogP contribution in [0.15, 0.2) is 24.7 Å². The topological polar surface area (TPSA) is 88.5 Å². The molecule has 2 saturated heterocycles. The second-order valence-corrected chi connectivity index (χ2v) is 7.58. The second-order valence-electron chi connectivity index (χ2n) is 6.55. The van der Waals surface area contributed by atoms with Crippen LogP contribution in [0.3, 0.4) is 0 Å². The number of thiazole rings is 1. The molecule has 2 aliphatic rings. The van der Waals surface area contributed by atoms with Gasteiger partial charge in [0, 0.05) is 32.0 Å². The molecule has 142 valence electrons. The van der Waals surface area contributed by atoms with Crippen LogP contribution in [0.5, 0.6) is 0 Å². The number of carbonyl (C=O) groups is 2. The maximum Gasteiger partial charge on any atom is 0.266 e. The van der Waals surface area contributed by atoms with Gasteiger partial charge in [-0.3, -0.25) is 9.59 Å². The summed E-state index contributed by atoms with van der Waals surface area (Å²) in [6, 6.07) is 1.33. The summed E-state index contributed by atoms with van der Waals surface area (Å²) in [7, 11) is 0. The molecule has 0 saturated carbocycles. The van der Waals surface area contributed by atoms with Gasteiger partial charge in [-0.25, -0.2) is 15.0 Å². The van der Waals surface area contributed by atoms with Gasteiger partial charge >= 0.3 is 0 Å². The third kappa shape index (κ3) is 3.84. The molecule has 0 aliphatic carbocycles. The van der Waals surface area contributed by atoms with Crippen molar-refractivity contribution in [1.82, 2.24) is 24.8 Å². The fourth-order valence-electron chi connectivity index (χ4n) is 3.45. The highest BCUT2D eigenvalue weighted by Gasteiger charge is 2.36. The lowest BCUT2D eigenvalue weighted by Gasteiger charge is -2.38. The number of aromatic nitrogens is 3. The van der Waals surface area contributed by atoms with Crippen LogP contribution in [0.2, 0.25) is 0 Å². The zero-order chi connectivity index (χ0) is 18.6. The first-order valence-corrected chi connectivity index (χ1v) is 9.96. The number of ether oxygens (including phenoxy) is 1. The molecule has 4 heterocycles. The lowest BCUT2D eigenvalue weighted by molar-refractivity contribution is -0.141. The third-order valence-corrected chi connectivity index (χ3v) is 5.83. The fraction of sp³-hybridized carbons (Fsp3) is 0.500. The first kappa shape index (κ1) is 18.0. The maximum atomic E-state index is 13.1. The Kier molecular flexibility index (Phi) is 5.40. The van der Waals surface area contributed by atoms with Crippen LogP contribution in [0.25, 0.3) is 10.8 Å². The summed E-state index contributed by atoms with van der Waals surface area (Å²) in [4.78, 5) is 42.8. The van der Waals surface area contributed by atoms with Crippen molar-refractivity contribution >= 4 is 23.2 Å². The monoisotopic (exact) mass is 387 g/mol. The molecular weight excluding hydrogens is 366 g/mol. The minimum atomic E-state index is -0.400. The molecule has 2 aliphatic heterocycles. The van der Waals surface area contributed by atoms with Crippen molar-refractivity contribution in [2.45, 2.75) is 25.3 Å². The van der Waals surface area contributed by atoms with E-state index < -0.39 is 6.04 Å². The molecule has 9 heteroatoms. The van der Waals surface area contributed by atoms with Crippen LogP contribution >= 0.6 is 11.3 Å². The lowest BCUT2D eigenvalue weighted by Crippen LogP contribution is -2.55. The molecule has 2 amide bonds. The Labute approximate surface area is 161 Å². The van der Waals surface area contributed by atoms with E-state index in [0.29, 0.717) is 55.0 Å². The van der Waals surface area contributed by atoms with E-state index in [0.717, 1.165) is 12.8 Å². The Balaban J connectivity index is 1.52. The van der Waals surface area contributed by atoms with Crippen LogP contribution in [-0.2, 0) is 9.53 Å². The Morgan fingerprint density at radius 3 is 2.63 bits per heavy atom. The summed E-state index contributed by atoms with van der Waals surface area (Å²) in [6.45, 7) is 2.89. The van der Waals surface area contributed by atoms with Crippen LogP contribution in [0.4, 0.5) is 0 Å². The summed E-state index contributed by atoms with van der Waals surface area (Å²) in [5, 5.41) is 0.604. The Morgan fingerprint density at radius 1 is 1.07 bits per heavy atom. The SMILES string of the molecule is O=C(C1CCCCN1C(=O)c1cnc(-c2ncccn2)s1)N1CCOCC1. The zero-order valence-corrected chi connectivity index (χ0v) is 15.7. The molecule has 0 bridgehead atoms. The van der Waals surface area contributed by atoms with Gasteiger partial charge in [-0.2, -0.15) is 0 Å². The molecule has 8 nitrogen and oxygen atoms in total. The van der Waals surface area contributed by atoms with E-state index in [2.05, 4.69) is 15.0 Å². The van der Waals surface area contributed by atoms with E-state index in [9.17, 15) is 9.59 Å². The molecule has 0 spiro atoms. The first-order valence-electron chi connectivity index (χ1n) is 9.15. The van der Waals surface area contributed by atoms with Crippen molar-refractivity contribution in [3.8, 4) is 10.8 Å². The molecule has 2 aromatic heterocycles. The van der Waals surface area contributed by atoms with E-state index in [-0.39, 0.29) is 11.8 Å². The van der Waals surface area contributed by atoms with E-state index in [1.807, 2.05) is 4.90 Å². The number of likely N-dealkylation sites (tertiary alicyclic amines) is 1. The van der Waals surface area contributed by atoms with E-state index in [4.69, 9.17) is 4.74 Å². The van der Waals surface area contributed by atoms with E-state index in [1.54, 1.807) is 29.6 Å². The minimum absolute atomic E-state index is 0.0301. The minimum Gasteiger partial charge on any atom is -0.378 e. The van der Waals surface area contributed by atoms with Crippen molar-refractivity contribution in [3.05, 3.63) is 29.5 Å². The third-order valence-electron chi connectivity index (χ3n) is 4.85. The molecule has 0 aromatic carbocycles. The van der Waals surface area contributed by atoms with Gasteiger partial charge < -0.3 is 14.5 Å². The average Bonchev–Trinajstić information content (AvgIpc) is 3.24. The van der Waals surface area contributed by atoms with Crippen LogP contribution < -0.4 is 0 Å². The lowest BCUT2D eigenvalue weighted by atomic mass is 10.0. The van der Waals surface area contributed by atoms with Crippen molar-refractivity contribution in [1.29, 1.82) is 0 Å². The highest BCUT2D eigenvalue weighted by atomic mass is 32.1. The standard InChI is InChI=1S/C18H21N5O3S/c24-17(22-8-10-26-11-9-22)13-4-1-2-7-23(13)18(25)14-12-21-16(27-14)15-19-5-3-6-20-15/h3,5-6,12-13H,1-2,4,7-11H2. The summed E-state index contributed by atoms with van der Waals surface area (Å²) in [5.74, 6) is 0.393. The summed E-state index contributed by atoms with van der Waals surface area (Å²) < 4.78 is 5.33. The average molecular weight is 387 g/mol. The van der Waals surface area contributed by atoms with Gasteiger partial charge in [0.2, 0.25) is 5.91 Å². The van der Waals surface area contributed by atoms with Gasteiger partial charge in [-0.05, 0) is 25.3 Å². The summed E-state index contributed by atoms with van der Waals surface area (Å²) in [5.41, 5.74) is 0. The second kappa shape index (κ2) is 8.10. The normalized spacial score (nSPS) is 20.5. The molecule has 27 heavy (non-hydrogen) atoms. The van der Waals surface area contributed by atoms with Gasteiger partial charge in [0.25, 0.3) is 5.91 Å². The molecule has 4 rings (SSSR count). The van der Waals surface area contributed by atoms with Gasteiger partial charge in [0.15, 0.2) is 10.8 Å². The van der Waals surface area contributed by atoms with Gasteiger partial charge in [0.1, 0.15) is 10.9 Å². The smallest absolute Gasteiger partial charge is 0.266 e. The van der Waals surface area contributed by atoms with Gasteiger partial charge in [-0.15, -0.1) is 11.3 Å². The molecular formula is C18H21N5O3S. The predicted molar refractivity (Wildman–Crippen MR) is 99.2 cm³/mol. The summed E-state index contributed by atoms with van der Waals surface area (Å²) in [6.07, 6.45) is 7.42. The molecule has 1 atom stereocenters. The van der Waals surface area contributed by atoms with Gasteiger partial charge in [-0.1, -0.05) is 0 Å². The molecule has 0 radical (unpaired) electrons. The van der Waals surface area contributed by atoms with Crippen LogP contribution in [-0.4, -0.2) is 75.5 Å². The number of morpholine rings is 1. The Bertz CT molecular complexity index is 806. The largest absolute Gasteiger partial charge is 0.378 e. The number of rotatable bonds is 3. The van der Waals surface area contributed by atoms with Crippen LogP contribution in [0, 0.1) is 0 Å². The van der Waals surface area contributed by atoms with E-state index in [1.165, 1.54) is 11.3 Å². The Morgan fingerprint density at radius 2 is 1.85 bits per heavy atom. The van der Waals surface area contributed by atoms with Crippen molar-refractivity contribution < 1.29 is 14.3 Å². The van der Waals surface area contributed by atoms with Crippen molar-refractivity contribution in [3.63, 3.8) is 0 Å². The number of nitrogens with zero attached hydrogens (tertiary/aromatic N) is 5. The van der Waals surface area contributed by atoms with Crippen LogP contribution in [0.1, 0.15) is 28.9 Å². The highest BCUT2D eigenvalue weighted by Crippen LogP contribution is 2.26. The molecule has 2 aromatic rings. The number of carbonyl (C=O) groups excluding carboxylic acids is 2. The number of hydrogen-bond acceptors (Lipinski definition) is 7. The molecule has 2 fully saturated rings.